The summed E-state index contributed by atoms with van der Waals surface area (Å²) >= 11 is 0. The Balaban J connectivity index is 1.58. The molecule has 3 aromatic heterocycles. The summed E-state index contributed by atoms with van der Waals surface area (Å²) in [5.41, 5.74) is 3.72. The normalized spacial score (nSPS) is 16.3. The number of hydrogen-bond acceptors (Lipinski definition) is 7. The number of fused-ring (bicyclic) bond motifs is 2. The number of likely N-dealkylation sites (N-methyl/N-ethyl adjacent to an activating group) is 1. The number of pyridine rings is 1. The Kier molecular flexibility index (Phi) is 4.92. The molecular weight excluding hydrogens is 376 g/mol. The molecule has 1 aromatic carbocycles. The van der Waals surface area contributed by atoms with Gasteiger partial charge in [-0.2, -0.15) is 0 Å². The Morgan fingerprint density at radius 1 is 1.10 bits per heavy atom. The third-order valence-electron chi connectivity index (χ3n) is 5.85. The fraction of sp³-hybridized carbons (Fsp3) is 0.364. The van der Waals surface area contributed by atoms with E-state index < -0.39 is 0 Å². The maximum atomic E-state index is 5.10. The van der Waals surface area contributed by atoms with E-state index in [1.807, 2.05) is 6.07 Å². The van der Waals surface area contributed by atoms with Gasteiger partial charge >= 0.3 is 0 Å². The molecule has 154 valence electrons. The third kappa shape index (κ3) is 3.43. The lowest BCUT2D eigenvalue weighted by atomic mass is 10.0. The minimum absolute atomic E-state index is 0.0677. The van der Waals surface area contributed by atoms with E-state index in [0.29, 0.717) is 5.65 Å². The number of imidazole rings is 1. The summed E-state index contributed by atoms with van der Waals surface area (Å²) in [5.74, 6) is 1.83. The Bertz CT molecular complexity index is 1160. The lowest BCUT2D eigenvalue weighted by molar-refractivity contribution is 0.311. The third-order valence-corrected chi connectivity index (χ3v) is 5.85. The van der Waals surface area contributed by atoms with Crippen LogP contribution in [-0.2, 0) is 0 Å². The van der Waals surface area contributed by atoms with E-state index in [1.165, 1.54) is 5.56 Å². The van der Waals surface area contributed by atoms with Gasteiger partial charge < -0.3 is 20.1 Å². The van der Waals surface area contributed by atoms with E-state index in [0.717, 1.165) is 60.7 Å². The zero-order chi connectivity index (χ0) is 20.5. The van der Waals surface area contributed by atoms with E-state index in [-0.39, 0.29) is 6.04 Å². The van der Waals surface area contributed by atoms with Crippen LogP contribution in [0.2, 0.25) is 0 Å². The highest BCUT2D eigenvalue weighted by atomic mass is 15.3. The van der Waals surface area contributed by atoms with E-state index in [4.69, 9.17) is 4.98 Å². The molecule has 8 heteroatoms. The van der Waals surface area contributed by atoms with Gasteiger partial charge in [-0.1, -0.05) is 25.1 Å². The number of nitrogens with zero attached hydrogens (tertiary/aromatic N) is 6. The van der Waals surface area contributed by atoms with Crippen LogP contribution in [0.3, 0.4) is 0 Å². The fourth-order valence-electron chi connectivity index (χ4n) is 4.09. The van der Waals surface area contributed by atoms with Crippen molar-refractivity contribution < 1.29 is 0 Å². The SMILES string of the molecule is CCC(Nc1ncnc2nc[nH]c12)c1cc2ccccc2nc1N1CCN(C)CC1. The number of para-hydroxylation sites is 1. The topological polar surface area (TPSA) is 85.9 Å². The summed E-state index contributed by atoms with van der Waals surface area (Å²) in [6.45, 7) is 6.22. The lowest BCUT2D eigenvalue weighted by Crippen LogP contribution is -2.45. The highest BCUT2D eigenvalue weighted by Gasteiger charge is 2.24. The Morgan fingerprint density at radius 3 is 2.77 bits per heavy atom. The van der Waals surface area contributed by atoms with Gasteiger partial charge in [0.05, 0.1) is 17.9 Å². The number of anilines is 2. The fourth-order valence-corrected chi connectivity index (χ4v) is 4.09. The summed E-state index contributed by atoms with van der Waals surface area (Å²) in [6, 6.07) is 10.7. The van der Waals surface area contributed by atoms with E-state index in [1.54, 1.807) is 12.7 Å². The first-order valence-electron chi connectivity index (χ1n) is 10.5. The first kappa shape index (κ1) is 18.7. The number of piperazine rings is 1. The van der Waals surface area contributed by atoms with Crippen molar-refractivity contribution in [3.05, 3.63) is 48.5 Å². The van der Waals surface area contributed by atoms with Crippen LogP contribution in [0.4, 0.5) is 11.6 Å². The number of H-pyrrole nitrogens is 1. The highest BCUT2D eigenvalue weighted by molar-refractivity contribution is 5.84. The van der Waals surface area contributed by atoms with Gasteiger partial charge in [-0.3, -0.25) is 0 Å². The predicted molar refractivity (Wildman–Crippen MR) is 120 cm³/mol. The maximum absolute atomic E-state index is 5.10. The first-order valence-corrected chi connectivity index (χ1v) is 10.5. The standard InChI is InChI=1S/C22H26N8/c1-3-17(27-21-19-20(24-13-23-19)25-14-26-21)16-12-15-6-4-5-7-18(15)28-22(16)30-10-8-29(2)9-11-30/h4-7,12-14,17H,3,8-11H2,1-2H3,(H2,23,24,25,26,27). The molecule has 1 aliphatic heterocycles. The van der Waals surface area contributed by atoms with Crippen molar-refractivity contribution >= 4 is 33.7 Å². The van der Waals surface area contributed by atoms with E-state index in [9.17, 15) is 0 Å². The lowest BCUT2D eigenvalue weighted by Gasteiger charge is -2.35. The monoisotopic (exact) mass is 402 g/mol. The summed E-state index contributed by atoms with van der Waals surface area (Å²) in [5, 5.41) is 4.78. The Labute approximate surface area is 175 Å². The predicted octanol–water partition coefficient (Wildman–Crippen LogP) is 3.22. The van der Waals surface area contributed by atoms with Crippen molar-refractivity contribution in [3.63, 3.8) is 0 Å². The Morgan fingerprint density at radius 2 is 1.93 bits per heavy atom. The summed E-state index contributed by atoms with van der Waals surface area (Å²) in [7, 11) is 2.17. The van der Waals surface area contributed by atoms with Crippen LogP contribution in [0.25, 0.3) is 22.1 Å². The van der Waals surface area contributed by atoms with Gasteiger partial charge in [0.25, 0.3) is 0 Å². The van der Waals surface area contributed by atoms with Gasteiger partial charge in [-0.25, -0.2) is 19.9 Å². The largest absolute Gasteiger partial charge is 0.361 e. The van der Waals surface area contributed by atoms with Crippen molar-refractivity contribution in [2.24, 2.45) is 0 Å². The van der Waals surface area contributed by atoms with Crippen molar-refractivity contribution in [2.45, 2.75) is 19.4 Å². The van der Waals surface area contributed by atoms with Crippen molar-refractivity contribution in [3.8, 4) is 0 Å². The molecule has 0 saturated carbocycles. The highest BCUT2D eigenvalue weighted by Crippen LogP contribution is 2.33. The average Bonchev–Trinajstić information content (AvgIpc) is 3.27. The van der Waals surface area contributed by atoms with Gasteiger partial charge in [0, 0.05) is 37.1 Å². The molecule has 0 bridgehead atoms. The molecule has 0 radical (unpaired) electrons. The van der Waals surface area contributed by atoms with Gasteiger partial charge in [0.1, 0.15) is 17.7 Å². The zero-order valence-electron chi connectivity index (χ0n) is 17.3. The number of hydrogen-bond donors (Lipinski definition) is 2. The molecule has 0 aliphatic carbocycles. The van der Waals surface area contributed by atoms with E-state index in [2.05, 4.69) is 73.3 Å². The molecule has 2 N–H and O–H groups in total. The number of aromatic nitrogens is 5. The number of aromatic amines is 1. The van der Waals surface area contributed by atoms with Crippen LogP contribution in [0.5, 0.6) is 0 Å². The smallest absolute Gasteiger partial charge is 0.182 e. The van der Waals surface area contributed by atoms with Crippen LogP contribution in [0, 0.1) is 0 Å². The average molecular weight is 403 g/mol. The first-order chi connectivity index (χ1) is 14.7. The van der Waals surface area contributed by atoms with Crippen LogP contribution in [-0.4, -0.2) is 63.0 Å². The molecule has 0 spiro atoms. The quantitative estimate of drug-likeness (QED) is 0.530. The molecule has 1 atom stereocenters. The summed E-state index contributed by atoms with van der Waals surface area (Å²) in [4.78, 5) is 26.0. The molecule has 4 heterocycles. The molecule has 1 unspecified atom stereocenters. The second kappa shape index (κ2) is 7.87. The second-order valence-electron chi connectivity index (χ2n) is 7.81. The van der Waals surface area contributed by atoms with Crippen LogP contribution in [0.15, 0.2) is 43.0 Å². The van der Waals surface area contributed by atoms with Gasteiger partial charge in [-0.15, -0.1) is 0 Å². The van der Waals surface area contributed by atoms with Gasteiger partial charge in [-0.05, 0) is 25.6 Å². The van der Waals surface area contributed by atoms with Crippen LogP contribution >= 0.6 is 0 Å². The van der Waals surface area contributed by atoms with Crippen LogP contribution < -0.4 is 10.2 Å². The van der Waals surface area contributed by atoms with Gasteiger partial charge in [0.15, 0.2) is 11.5 Å². The molecule has 8 nitrogen and oxygen atoms in total. The second-order valence-corrected chi connectivity index (χ2v) is 7.81. The maximum Gasteiger partial charge on any atom is 0.182 e. The van der Waals surface area contributed by atoms with Crippen LogP contribution in [0.1, 0.15) is 24.9 Å². The molecular formula is C22H26N8. The molecule has 1 aliphatic rings. The van der Waals surface area contributed by atoms with Gasteiger partial charge in [0.2, 0.25) is 0 Å². The van der Waals surface area contributed by atoms with Crippen molar-refractivity contribution in [1.29, 1.82) is 0 Å². The Hall–Kier alpha value is -3.26. The molecule has 5 rings (SSSR count). The minimum atomic E-state index is 0.0677. The molecule has 0 amide bonds. The zero-order valence-corrected chi connectivity index (χ0v) is 17.3. The molecule has 1 fully saturated rings. The van der Waals surface area contributed by atoms with E-state index >= 15 is 0 Å². The minimum Gasteiger partial charge on any atom is -0.361 e. The number of benzene rings is 1. The number of rotatable bonds is 5. The summed E-state index contributed by atoms with van der Waals surface area (Å²) < 4.78 is 0. The van der Waals surface area contributed by atoms with Crippen molar-refractivity contribution in [2.75, 3.05) is 43.4 Å². The summed E-state index contributed by atoms with van der Waals surface area (Å²) in [6.07, 6.45) is 4.11. The number of nitrogens with one attached hydrogen (secondary N) is 2. The molecule has 30 heavy (non-hydrogen) atoms. The molecule has 1 saturated heterocycles. The van der Waals surface area contributed by atoms with Crippen molar-refractivity contribution in [1.82, 2.24) is 29.8 Å². The molecule has 4 aromatic rings.